The minimum absolute atomic E-state index is 0.0796. The highest BCUT2D eigenvalue weighted by Gasteiger charge is 2.33. The van der Waals surface area contributed by atoms with Crippen LogP contribution in [0.2, 0.25) is 0 Å². The van der Waals surface area contributed by atoms with Crippen LogP contribution >= 0.6 is 0 Å². The van der Waals surface area contributed by atoms with Crippen molar-refractivity contribution in [3.05, 3.63) is 40.8 Å². The first kappa shape index (κ1) is 18.8. The summed E-state index contributed by atoms with van der Waals surface area (Å²) < 4.78 is 13.3. The Kier molecular flexibility index (Phi) is 5.90. The third-order valence-corrected chi connectivity index (χ3v) is 5.15. The van der Waals surface area contributed by atoms with Gasteiger partial charge in [0.25, 0.3) is 0 Å². The van der Waals surface area contributed by atoms with Gasteiger partial charge in [0, 0.05) is 44.6 Å². The number of aryl methyl sites for hydroxylation is 3. The maximum Gasteiger partial charge on any atom is 0.213 e. The number of likely N-dealkylation sites (N-methyl/N-ethyl adjacent to an activating group) is 1. The summed E-state index contributed by atoms with van der Waals surface area (Å²) in [5.41, 5.74) is 4.58. The number of hydrogen-bond acceptors (Lipinski definition) is 6. The predicted molar refractivity (Wildman–Crippen MR) is 100 cm³/mol. The van der Waals surface area contributed by atoms with Gasteiger partial charge < -0.3 is 14.8 Å². The molecule has 1 saturated heterocycles. The van der Waals surface area contributed by atoms with Crippen LogP contribution in [0.3, 0.4) is 0 Å². The number of hydrogen-bond donors (Lipinski definition) is 1. The SMILES string of the molecule is COc1cc(C)c(CNC[C@@H]2OCCN(C)[C@H]2c2ccnn2C)c(C)n1. The Balaban J connectivity index is 1.67. The van der Waals surface area contributed by atoms with E-state index in [9.17, 15) is 0 Å². The van der Waals surface area contributed by atoms with Crippen LogP contribution in [0.4, 0.5) is 0 Å². The monoisotopic (exact) mass is 359 g/mol. The van der Waals surface area contributed by atoms with Crippen molar-refractivity contribution in [2.75, 3.05) is 33.9 Å². The normalized spacial score (nSPS) is 21.1. The predicted octanol–water partition coefficient (Wildman–Crippen LogP) is 1.60. The first-order valence-electron chi connectivity index (χ1n) is 9.02. The molecule has 0 aromatic carbocycles. The van der Waals surface area contributed by atoms with E-state index in [4.69, 9.17) is 9.47 Å². The zero-order chi connectivity index (χ0) is 18.7. The molecule has 1 fully saturated rings. The number of rotatable bonds is 6. The van der Waals surface area contributed by atoms with Gasteiger partial charge in [-0.25, -0.2) is 4.98 Å². The van der Waals surface area contributed by atoms with Gasteiger partial charge >= 0.3 is 0 Å². The van der Waals surface area contributed by atoms with Crippen LogP contribution in [0, 0.1) is 13.8 Å². The Morgan fingerprint density at radius 3 is 2.81 bits per heavy atom. The minimum atomic E-state index is 0.0796. The van der Waals surface area contributed by atoms with Crippen LogP contribution in [-0.2, 0) is 18.3 Å². The molecular weight excluding hydrogens is 330 g/mol. The van der Waals surface area contributed by atoms with E-state index in [0.717, 1.165) is 31.9 Å². The molecular formula is C19H29N5O2. The quantitative estimate of drug-likeness (QED) is 0.845. The van der Waals surface area contributed by atoms with Gasteiger partial charge in [0.2, 0.25) is 5.88 Å². The molecule has 0 saturated carbocycles. The molecule has 26 heavy (non-hydrogen) atoms. The van der Waals surface area contributed by atoms with E-state index in [-0.39, 0.29) is 12.1 Å². The fourth-order valence-corrected chi connectivity index (χ4v) is 3.66. The summed E-state index contributed by atoms with van der Waals surface area (Å²) >= 11 is 0. The highest BCUT2D eigenvalue weighted by Crippen LogP contribution is 2.27. The van der Waals surface area contributed by atoms with Crippen molar-refractivity contribution in [3.8, 4) is 5.88 Å². The van der Waals surface area contributed by atoms with Crippen LogP contribution in [-0.4, -0.2) is 59.6 Å². The molecule has 3 rings (SSSR count). The molecule has 0 unspecified atom stereocenters. The van der Waals surface area contributed by atoms with Gasteiger partial charge in [-0.1, -0.05) is 0 Å². The zero-order valence-electron chi connectivity index (χ0n) is 16.3. The highest BCUT2D eigenvalue weighted by atomic mass is 16.5. The maximum atomic E-state index is 6.09. The van der Waals surface area contributed by atoms with E-state index in [0.29, 0.717) is 5.88 Å². The Labute approximate surface area is 155 Å². The first-order chi connectivity index (χ1) is 12.5. The lowest BCUT2D eigenvalue weighted by molar-refractivity contribution is -0.0639. The molecule has 0 spiro atoms. The molecule has 2 atom stereocenters. The van der Waals surface area contributed by atoms with E-state index >= 15 is 0 Å². The van der Waals surface area contributed by atoms with Crippen LogP contribution in [0.5, 0.6) is 5.88 Å². The first-order valence-corrected chi connectivity index (χ1v) is 9.02. The standard InChI is InChI=1S/C19H29N5O2/c1-13-10-18(25-5)22-14(2)15(13)11-20-12-17-19(23(3)8-9-26-17)16-6-7-21-24(16)4/h6-7,10,17,19-20H,8-9,11-12H2,1-5H3/t17-,19-/m0/s1. The van der Waals surface area contributed by atoms with Crippen LogP contribution in [0.1, 0.15) is 28.6 Å². The van der Waals surface area contributed by atoms with Crippen LogP contribution < -0.4 is 10.1 Å². The largest absolute Gasteiger partial charge is 0.481 e. The van der Waals surface area contributed by atoms with Crippen molar-refractivity contribution in [1.82, 2.24) is 25.0 Å². The minimum Gasteiger partial charge on any atom is -0.481 e. The highest BCUT2D eigenvalue weighted by molar-refractivity contribution is 5.33. The Morgan fingerprint density at radius 2 is 2.15 bits per heavy atom. The smallest absolute Gasteiger partial charge is 0.213 e. The summed E-state index contributed by atoms with van der Waals surface area (Å²) in [7, 11) is 5.78. The molecule has 1 N–H and O–H groups in total. The number of pyridine rings is 1. The average molecular weight is 359 g/mol. The van der Waals surface area contributed by atoms with E-state index in [1.807, 2.05) is 30.9 Å². The number of nitrogens with zero attached hydrogens (tertiary/aromatic N) is 4. The number of methoxy groups -OCH3 is 1. The van der Waals surface area contributed by atoms with Gasteiger partial charge in [-0.2, -0.15) is 5.10 Å². The van der Waals surface area contributed by atoms with Crippen LogP contribution in [0.25, 0.3) is 0 Å². The molecule has 0 aliphatic carbocycles. The van der Waals surface area contributed by atoms with E-state index < -0.39 is 0 Å². The summed E-state index contributed by atoms with van der Waals surface area (Å²) in [6.07, 6.45) is 1.92. The van der Waals surface area contributed by atoms with Crippen LogP contribution in [0.15, 0.2) is 18.3 Å². The molecule has 1 aliphatic heterocycles. The Hall–Kier alpha value is -1.96. The number of aromatic nitrogens is 3. The van der Waals surface area contributed by atoms with Crippen molar-refractivity contribution in [2.24, 2.45) is 7.05 Å². The van der Waals surface area contributed by atoms with Gasteiger partial charge in [0.05, 0.1) is 31.6 Å². The lowest BCUT2D eigenvalue weighted by Crippen LogP contribution is -2.48. The van der Waals surface area contributed by atoms with E-state index in [1.165, 1.54) is 16.8 Å². The van der Waals surface area contributed by atoms with Gasteiger partial charge in [-0.05, 0) is 38.1 Å². The number of ether oxygens (including phenoxy) is 2. The summed E-state index contributed by atoms with van der Waals surface area (Å²) in [4.78, 5) is 6.83. The summed E-state index contributed by atoms with van der Waals surface area (Å²) in [6.45, 7) is 7.32. The molecule has 2 aromatic heterocycles. The van der Waals surface area contributed by atoms with Crippen molar-refractivity contribution in [2.45, 2.75) is 32.5 Å². The van der Waals surface area contributed by atoms with Crippen molar-refractivity contribution >= 4 is 0 Å². The summed E-state index contributed by atoms with van der Waals surface area (Å²) in [6, 6.07) is 4.25. The second-order valence-electron chi connectivity index (χ2n) is 6.89. The Bertz CT molecular complexity index is 722. The fourth-order valence-electron chi connectivity index (χ4n) is 3.66. The molecule has 7 nitrogen and oxygen atoms in total. The molecule has 7 heteroatoms. The average Bonchev–Trinajstić information content (AvgIpc) is 3.02. The molecule has 2 aromatic rings. The number of nitrogens with one attached hydrogen (secondary N) is 1. The third-order valence-electron chi connectivity index (χ3n) is 5.15. The van der Waals surface area contributed by atoms with Gasteiger partial charge in [-0.3, -0.25) is 9.58 Å². The van der Waals surface area contributed by atoms with E-state index in [1.54, 1.807) is 7.11 Å². The second kappa shape index (κ2) is 8.16. The summed E-state index contributed by atoms with van der Waals surface area (Å²) in [5, 5.41) is 7.88. The third kappa shape index (κ3) is 3.90. The Morgan fingerprint density at radius 1 is 1.35 bits per heavy atom. The second-order valence-corrected chi connectivity index (χ2v) is 6.89. The zero-order valence-corrected chi connectivity index (χ0v) is 16.3. The van der Waals surface area contributed by atoms with Crippen molar-refractivity contribution < 1.29 is 9.47 Å². The topological polar surface area (TPSA) is 64.4 Å². The van der Waals surface area contributed by atoms with Crippen molar-refractivity contribution in [3.63, 3.8) is 0 Å². The molecule has 3 heterocycles. The lowest BCUT2D eigenvalue weighted by atomic mass is 10.0. The van der Waals surface area contributed by atoms with Crippen molar-refractivity contribution in [1.29, 1.82) is 0 Å². The maximum absolute atomic E-state index is 6.09. The molecule has 142 valence electrons. The molecule has 1 aliphatic rings. The summed E-state index contributed by atoms with van der Waals surface area (Å²) in [5.74, 6) is 0.664. The lowest BCUT2D eigenvalue weighted by Gasteiger charge is -2.39. The van der Waals surface area contributed by atoms with Gasteiger partial charge in [-0.15, -0.1) is 0 Å². The molecule has 0 radical (unpaired) electrons. The molecule has 0 bridgehead atoms. The van der Waals surface area contributed by atoms with E-state index in [2.05, 4.69) is 40.3 Å². The van der Waals surface area contributed by atoms with Gasteiger partial charge in [0.15, 0.2) is 0 Å². The van der Waals surface area contributed by atoms with Gasteiger partial charge in [0.1, 0.15) is 0 Å². The number of morpholine rings is 1. The molecule has 0 amide bonds. The fraction of sp³-hybridized carbons (Fsp3) is 0.579.